The molecule has 2 aromatic carbocycles. The van der Waals surface area contributed by atoms with E-state index in [1.54, 1.807) is 24.4 Å². The number of nitrogens with one attached hydrogen (secondary N) is 2. The predicted octanol–water partition coefficient (Wildman–Crippen LogP) is 3.59. The van der Waals surface area contributed by atoms with E-state index < -0.39 is 0 Å². The highest BCUT2D eigenvalue weighted by Crippen LogP contribution is 2.22. The van der Waals surface area contributed by atoms with Gasteiger partial charge in [0.1, 0.15) is 11.4 Å². The van der Waals surface area contributed by atoms with Crippen LogP contribution in [0.1, 0.15) is 21.6 Å². The zero-order chi connectivity index (χ0) is 18.5. The van der Waals surface area contributed by atoms with Crippen LogP contribution in [0, 0.1) is 6.92 Å². The first-order valence-corrected chi connectivity index (χ1v) is 8.79. The molecule has 2 amide bonds. The van der Waals surface area contributed by atoms with Crippen molar-refractivity contribution in [3.63, 3.8) is 0 Å². The van der Waals surface area contributed by atoms with Crippen molar-refractivity contribution in [2.75, 3.05) is 10.6 Å². The summed E-state index contributed by atoms with van der Waals surface area (Å²) in [6, 6.07) is 14.1. The van der Waals surface area contributed by atoms with Crippen LogP contribution in [0.4, 0.5) is 10.8 Å². The summed E-state index contributed by atoms with van der Waals surface area (Å²) in [6.45, 7) is 1.78. The minimum Gasteiger partial charge on any atom is -0.508 e. The number of phenolic OH excluding ortho intramolecular Hbond substituents is 1. The summed E-state index contributed by atoms with van der Waals surface area (Å²) in [5, 5.41) is 16.8. The van der Waals surface area contributed by atoms with Crippen molar-refractivity contribution >= 4 is 34.0 Å². The monoisotopic (exact) mass is 367 g/mol. The average molecular weight is 367 g/mol. The van der Waals surface area contributed by atoms with Crippen LogP contribution in [0.3, 0.4) is 0 Å². The van der Waals surface area contributed by atoms with Gasteiger partial charge in [-0.05, 0) is 36.2 Å². The van der Waals surface area contributed by atoms with Gasteiger partial charge in [-0.1, -0.05) is 30.3 Å². The second kappa shape index (κ2) is 7.79. The molecule has 132 valence electrons. The predicted molar refractivity (Wildman–Crippen MR) is 102 cm³/mol. The van der Waals surface area contributed by atoms with Crippen molar-refractivity contribution in [1.82, 2.24) is 4.98 Å². The van der Waals surface area contributed by atoms with Crippen molar-refractivity contribution in [3.8, 4) is 5.75 Å². The van der Waals surface area contributed by atoms with Gasteiger partial charge in [0.2, 0.25) is 5.91 Å². The second-order valence-corrected chi connectivity index (χ2v) is 6.56. The number of carbonyl (C=O) groups is 2. The SMILES string of the molecule is Cc1cc(O)ccc1NC(=O)c1csc(NC(=O)Cc2ccccc2)n1. The third kappa shape index (κ3) is 4.46. The number of thiazole rings is 1. The third-order valence-corrected chi connectivity index (χ3v) is 4.41. The Morgan fingerprint density at radius 3 is 2.62 bits per heavy atom. The standard InChI is InChI=1S/C19H17N3O3S/c1-12-9-14(23)7-8-15(12)20-18(25)16-11-26-19(21-16)22-17(24)10-13-5-3-2-4-6-13/h2-9,11,23H,10H2,1H3,(H,20,25)(H,21,22,24). The van der Waals surface area contributed by atoms with Gasteiger partial charge < -0.3 is 15.7 Å². The fourth-order valence-corrected chi connectivity index (χ4v) is 3.06. The van der Waals surface area contributed by atoms with E-state index in [9.17, 15) is 14.7 Å². The number of aryl methyl sites for hydroxylation is 1. The van der Waals surface area contributed by atoms with Gasteiger partial charge in [-0.25, -0.2) is 4.98 Å². The van der Waals surface area contributed by atoms with Gasteiger partial charge in [0, 0.05) is 11.1 Å². The van der Waals surface area contributed by atoms with E-state index >= 15 is 0 Å². The first kappa shape index (κ1) is 17.6. The van der Waals surface area contributed by atoms with E-state index in [1.807, 2.05) is 30.3 Å². The van der Waals surface area contributed by atoms with Crippen molar-refractivity contribution in [3.05, 3.63) is 70.7 Å². The van der Waals surface area contributed by atoms with E-state index in [0.717, 1.165) is 11.1 Å². The average Bonchev–Trinajstić information content (AvgIpc) is 3.06. The maximum atomic E-state index is 12.3. The van der Waals surface area contributed by atoms with Crippen LogP contribution in [-0.2, 0) is 11.2 Å². The van der Waals surface area contributed by atoms with Gasteiger partial charge in [-0.2, -0.15) is 0 Å². The molecule has 7 heteroatoms. The van der Waals surface area contributed by atoms with E-state index in [-0.39, 0.29) is 29.7 Å². The molecule has 26 heavy (non-hydrogen) atoms. The lowest BCUT2D eigenvalue weighted by atomic mass is 10.1. The van der Waals surface area contributed by atoms with E-state index in [2.05, 4.69) is 15.6 Å². The zero-order valence-corrected chi connectivity index (χ0v) is 14.8. The summed E-state index contributed by atoms with van der Waals surface area (Å²) < 4.78 is 0. The van der Waals surface area contributed by atoms with E-state index in [0.29, 0.717) is 10.8 Å². The fraction of sp³-hybridized carbons (Fsp3) is 0.105. The molecule has 0 aliphatic rings. The van der Waals surface area contributed by atoms with Crippen LogP contribution in [-0.4, -0.2) is 21.9 Å². The van der Waals surface area contributed by atoms with Gasteiger partial charge in [-0.15, -0.1) is 11.3 Å². The highest BCUT2D eigenvalue weighted by atomic mass is 32.1. The Bertz CT molecular complexity index is 938. The van der Waals surface area contributed by atoms with Crippen LogP contribution in [0.5, 0.6) is 5.75 Å². The molecule has 1 aromatic heterocycles. The Labute approximate surface area is 154 Å². The van der Waals surface area contributed by atoms with Crippen LogP contribution >= 0.6 is 11.3 Å². The number of aromatic hydroxyl groups is 1. The minimum atomic E-state index is -0.376. The molecule has 3 N–H and O–H groups in total. The molecule has 0 aliphatic carbocycles. The molecule has 1 heterocycles. The Balaban J connectivity index is 1.61. The lowest BCUT2D eigenvalue weighted by Gasteiger charge is -2.07. The number of aromatic nitrogens is 1. The maximum Gasteiger partial charge on any atom is 0.275 e. The molecule has 3 rings (SSSR count). The molecule has 6 nitrogen and oxygen atoms in total. The number of amides is 2. The quantitative estimate of drug-likeness (QED) is 0.601. The molecule has 0 unspecified atom stereocenters. The highest BCUT2D eigenvalue weighted by Gasteiger charge is 2.14. The van der Waals surface area contributed by atoms with Crippen molar-refractivity contribution in [2.24, 2.45) is 0 Å². The van der Waals surface area contributed by atoms with Crippen LogP contribution < -0.4 is 10.6 Å². The highest BCUT2D eigenvalue weighted by molar-refractivity contribution is 7.14. The van der Waals surface area contributed by atoms with Gasteiger partial charge in [-0.3, -0.25) is 9.59 Å². The summed E-state index contributed by atoms with van der Waals surface area (Å²) in [6.07, 6.45) is 0.245. The van der Waals surface area contributed by atoms with Crippen molar-refractivity contribution in [2.45, 2.75) is 13.3 Å². The first-order valence-electron chi connectivity index (χ1n) is 7.91. The second-order valence-electron chi connectivity index (χ2n) is 5.70. The molecule has 3 aromatic rings. The van der Waals surface area contributed by atoms with Gasteiger partial charge in [0.25, 0.3) is 5.91 Å². The lowest BCUT2D eigenvalue weighted by molar-refractivity contribution is -0.115. The first-order chi connectivity index (χ1) is 12.5. The van der Waals surface area contributed by atoms with Gasteiger partial charge in [0.05, 0.1) is 6.42 Å². The summed E-state index contributed by atoms with van der Waals surface area (Å²) >= 11 is 1.19. The number of rotatable bonds is 5. The van der Waals surface area contributed by atoms with Crippen LogP contribution in [0.25, 0.3) is 0 Å². The van der Waals surface area contributed by atoms with Gasteiger partial charge in [0.15, 0.2) is 5.13 Å². The molecule has 0 bridgehead atoms. The Morgan fingerprint density at radius 1 is 1.12 bits per heavy atom. The normalized spacial score (nSPS) is 10.3. The molecule has 0 saturated heterocycles. The maximum absolute atomic E-state index is 12.3. The topological polar surface area (TPSA) is 91.3 Å². The molecule has 0 aliphatic heterocycles. The van der Waals surface area contributed by atoms with E-state index in [1.165, 1.54) is 17.4 Å². The third-order valence-electron chi connectivity index (χ3n) is 3.65. The van der Waals surface area contributed by atoms with Crippen molar-refractivity contribution < 1.29 is 14.7 Å². The fourth-order valence-electron chi connectivity index (χ4n) is 2.35. The number of hydrogen-bond donors (Lipinski definition) is 3. The lowest BCUT2D eigenvalue weighted by Crippen LogP contribution is -2.16. The number of carbonyl (C=O) groups excluding carboxylic acids is 2. The molecule has 0 fully saturated rings. The zero-order valence-electron chi connectivity index (χ0n) is 14.0. The number of benzene rings is 2. The van der Waals surface area contributed by atoms with Crippen LogP contribution in [0.15, 0.2) is 53.9 Å². The number of phenols is 1. The molecule has 0 radical (unpaired) electrons. The number of anilines is 2. The molecular formula is C19H17N3O3S. The molecular weight excluding hydrogens is 350 g/mol. The number of hydrogen-bond acceptors (Lipinski definition) is 5. The Kier molecular flexibility index (Phi) is 5.28. The Morgan fingerprint density at radius 2 is 1.88 bits per heavy atom. The van der Waals surface area contributed by atoms with Gasteiger partial charge >= 0.3 is 0 Å². The minimum absolute atomic E-state index is 0.137. The van der Waals surface area contributed by atoms with E-state index in [4.69, 9.17) is 0 Å². The summed E-state index contributed by atoms with van der Waals surface area (Å²) in [4.78, 5) is 28.5. The van der Waals surface area contributed by atoms with Crippen LogP contribution in [0.2, 0.25) is 0 Å². The molecule has 0 saturated carbocycles. The van der Waals surface area contributed by atoms with Crippen molar-refractivity contribution in [1.29, 1.82) is 0 Å². The number of nitrogens with zero attached hydrogens (tertiary/aromatic N) is 1. The summed E-state index contributed by atoms with van der Waals surface area (Å²) in [5.41, 5.74) is 2.46. The Hall–Kier alpha value is -3.19. The molecule has 0 atom stereocenters. The summed E-state index contributed by atoms with van der Waals surface area (Å²) in [5.74, 6) is -0.428. The smallest absolute Gasteiger partial charge is 0.275 e. The molecule has 0 spiro atoms. The summed E-state index contributed by atoms with van der Waals surface area (Å²) in [7, 11) is 0. The largest absolute Gasteiger partial charge is 0.508 e.